The Bertz CT molecular complexity index is 1660. The van der Waals surface area contributed by atoms with Gasteiger partial charge in [0.15, 0.2) is 0 Å². The van der Waals surface area contributed by atoms with E-state index < -0.39 is 15.6 Å². The standard InChI is InChI=1S/C27H27N3O4S/c1-16-17(2)24(18(3)21-15-27(4,5)34-23(16)21)35(32,33)29-26-28-22-14-10-9-13-20(22)25(31)30(26)19-11-7-6-8-12-19/h6-14H,15H2,1-5H3,(H,28,29). The van der Waals surface area contributed by atoms with E-state index in [-0.39, 0.29) is 16.4 Å². The van der Waals surface area contributed by atoms with Crippen molar-refractivity contribution in [2.24, 2.45) is 0 Å². The minimum absolute atomic E-state index is 0.0616. The lowest BCUT2D eigenvalue weighted by Crippen LogP contribution is -2.27. The molecule has 0 aliphatic carbocycles. The van der Waals surface area contributed by atoms with Crippen LogP contribution in [0, 0.1) is 20.8 Å². The van der Waals surface area contributed by atoms with Crippen molar-refractivity contribution >= 4 is 26.9 Å². The van der Waals surface area contributed by atoms with Crippen molar-refractivity contribution in [1.29, 1.82) is 0 Å². The van der Waals surface area contributed by atoms with Gasteiger partial charge in [0.25, 0.3) is 15.6 Å². The van der Waals surface area contributed by atoms with E-state index >= 15 is 0 Å². The van der Waals surface area contributed by atoms with Crippen LogP contribution in [-0.4, -0.2) is 23.6 Å². The fourth-order valence-electron chi connectivity index (χ4n) is 4.84. The topological polar surface area (TPSA) is 90.3 Å². The molecule has 0 saturated heterocycles. The van der Waals surface area contributed by atoms with E-state index in [1.807, 2.05) is 33.8 Å². The van der Waals surface area contributed by atoms with Gasteiger partial charge in [0.1, 0.15) is 11.4 Å². The average molecular weight is 490 g/mol. The first-order valence-corrected chi connectivity index (χ1v) is 12.9. The van der Waals surface area contributed by atoms with Gasteiger partial charge in [-0.1, -0.05) is 30.3 Å². The second kappa shape index (κ2) is 7.95. The Kier molecular flexibility index (Phi) is 5.25. The number of benzene rings is 3. The molecular weight excluding hydrogens is 462 g/mol. The number of nitrogens with zero attached hydrogens (tertiary/aromatic N) is 2. The van der Waals surface area contributed by atoms with Gasteiger partial charge in [-0.15, -0.1) is 0 Å². The Morgan fingerprint density at radius 1 is 0.943 bits per heavy atom. The second-order valence-electron chi connectivity index (χ2n) is 9.58. The van der Waals surface area contributed by atoms with E-state index in [1.54, 1.807) is 55.5 Å². The number of ether oxygens (including phenoxy) is 1. The molecular formula is C27H27N3O4S. The molecule has 0 amide bonds. The Balaban J connectivity index is 1.72. The predicted octanol–water partition coefficient (Wildman–Crippen LogP) is 4.83. The number of rotatable bonds is 4. The first kappa shape index (κ1) is 23.1. The molecule has 1 aliphatic heterocycles. The van der Waals surface area contributed by atoms with E-state index in [9.17, 15) is 13.2 Å². The second-order valence-corrected chi connectivity index (χ2v) is 11.2. The van der Waals surface area contributed by atoms with Crippen LogP contribution >= 0.6 is 0 Å². The summed E-state index contributed by atoms with van der Waals surface area (Å²) < 4.78 is 37.8. The average Bonchev–Trinajstić information content (AvgIpc) is 3.14. The highest BCUT2D eigenvalue weighted by atomic mass is 32.2. The fourth-order valence-corrected chi connectivity index (χ4v) is 6.40. The third-order valence-electron chi connectivity index (χ3n) is 6.58. The van der Waals surface area contributed by atoms with Crippen molar-refractivity contribution in [2.45, 2.75) is 51.5 Å². The smallest absolute Gasteiger partial charge is 0.267 e. The summed E-state index contributed by atoms with van der Waals surface area (Å²) in [6.07, 6.45) is 0.612. The van der Waals surface area contributed by atoms with Crippen LogP contribution in [0.3, 0.4) is 0 Å². The summed E-state index contributed by atoms with van der Waals surface area (Å²) in [5, 5.41) is 0.402. The van der Waals surface area contributed by atoms with E-state index in [2.05, 4.69) is 9.71 Å². The Labute approximate surface area is 204 Å². The van der Waals surface area contributed by atoms with E-state index in [4.69, 9.17) is 4.74 Å². The fraction of sp³-hybridized carbons (Fsp3) is 0.259. The third kappa shape index (κ3) is 3.78. The van der Waals surface area contributed by atoms with Gasteiger partial charge in [-0.25, -0.2) is 22.7 Å². The van der Waals surface area contributed by atoms with Crippen LogP contribution in [0.15, 0.2) is 64.3 Å². The van der Waals surface area contributed by atoms with Crippen molar-refractivity contribution < 1.29 is 13.2 Å². The number of para-hydroxylation sites is 2. The monoisotopic (exact) mass is 489 g/mol. The van der Waals surface area contributed by atoms with Crippen LogP contribution in [-0.2, 0) is 16.4 Å². The molecule has 0 fully saturated rings. The van der Waals surface area contributed by atoms with Crippen LogP contribution in [0.1, 0.15) is 36.1 Å². The lowest BCUT2D eigenvalue weighted by atomic mass is 9.94. The van der Waals surface area contributed by atoms with Gasteiger partial charge >= 0.3 is 0 Å². The van der Waals surface area contributed by atoms with E-state index in [0.717, 1.165) is 16.9 Å². The van der Waals surface area contributed by atoms with Crippen LogP contribution in [0.2, 0.25) is 0 Å². The summed E-state index contributed by atoms with van der Waals surface area (Å²) in [4.78, 5) is 18.2. The summed E-state index contributed by atoms with van der Waals surface area (Å²) in [6.45, 7) is 9.45. The number of fused-ring (bicyclic) bond motifs is 2. The first-order chi connectivity index (χ1) is 16.5. The van der Waals surface area contributed by atoms with Gasteiger partial charge in [0, 0.05) is 12.0 Å². The Morgan fingerprint density at radius 3 is 2.31 bits per heavy atom. The maximum atomic E-state index is 13.9. The molecule has 1 N–H and O–H groups in total. The summed E-state index contributed by atoms with van der Waals surface area (Å²) in [6, 6.07) is 15.8. The Hall–Kier alpha value is -3.65. The normalized spacial score (nSPS) is 14.5. The predicted molar refractivity (Wildman–Crippen MR) is 137 cm³/mol. The highest BCUT2D eigenvalue weighted by molar-refractivity contribution is 7.92. The molecule has 4 aromatic rings. The molecule has 1 aliphatic rings. The minimum atomic E-state index is -4.10. The molecule has 35 heavy (non-hydrogen) atoms. The highest BCUT2D eigenvalue weighted by Crippen LogP contribution is 2.44. The minimum Gasteiger partial charge on any atom is -0.487 e. The maximum absolute atomic E-state index is 13.9. The zero-order valence-corrected chi connectivity index (χ0v) is 21.2. The molecule has 5 rings (SSSR count). The number of hydrogen-bond acceptors (Lipinski definition) is 5. The van der Waals surface area contributed by atoms with Crippen LogP contribution < -0.4 is 15.0 Å². The van der Waals surface area contributed by atoms with Gasteiger partial charge in [-0.2, -0.15) is 0 Å². The number of hydrogen-bond donors (Lipinski definition) is 1. The van der Waals surface area contributed by atoms with Crippen molar-refractivity contribution in [1.82, 2.24) is 9.55 Å². The number of anilines is 1. The number of aromatic nitrogens is 2. The van der Waals surface area contributed by atoms with Gasteiger partial charge < -0.3 is 4.74 Å². The van der Waals surface area contributed by atoms with Crippen molar-refractivity contribution in [3.63, 3.8) is 0 Å². The van der Waals surface area contributed by atoms with Gasteiger partial charge in [0.2, 0.25) is 5.95 Å². The molecule has 0 atom stereocenters. The first-order valence-electron chi connectivity index (χ1n) is 11.4. The van der Waals surface area contributed by atoms with E-state index in [1.165, 1.54) is 4.57 Å². The summed E-state index contributed by atoms with van der Waals surface area (Å²) in [5.41, 5.74) is 3.12. The molecule has 0 saturated carbocycles. The zero-order chi connectivity index (χ0) is 25.1. The molecule has 0 unspecified atom stereocenters. The Morgan fingerprint density at radius 2 is 1.60 bits per heavy atom. The van der Waals surface area contributed by atoms with Crippen molar-refractivity contribution in [3.05, 3.63) is 87.2 Å². The van der Waals surface area contributed by atoms with E-state index in [0.29, 0.717) is 34.1 Å². The quantitative estimate of drug-likeness (QED) is 0.444. The molecule has 0 spiro atoms. The van der Waals surface area contributed by atoms with Crippen molar-refractivity contribution in [3.8, 4) is 11.4 Å². The molecule has 0 radical (unpaired) electrons. The molecule has 180 valence electrons. The summed E-state index contributed by atoms with van der Waals surface area (Å²) in [7, 11) is -4.10. The van der Waals surface area contributed by atoms with Crippen LogP contribution in [0.4, 0.5) is 5.95 Å². The molecule has 0 bridgehead atoms. The van der Waals surface area contributed by atoms with Crippen LogP contribution in [0.25, 0.3) is 16.6 Å². The number of sulfonamides is 1. The van der Waals surface area contributed by atoms with Gasteiger partial charge in [-0.05, 0) is 75.6 Å². The summed E-state index contributed by atoms with van der Waals surface area (Å²) in [5.74, 6) is 0.697. The van der Waals surface area contributed by atoms with Crippen LogP contribution in [0.5, 0.6) is 5.75 Å². The lowest BCUT2D eigenvalue weighted by Gasteiger charge is -2.20. The zero-order valence-electron chi connectivity index (χ0n) is 20.3. The summed E-state index contributed by atoms with van der Waals surface area (Å²) >= 11 is 0. The molecule has 2 heterocycles. The molecule has 3 aromatic carbocycles. The number of nitrogens with one attached hydrogen (secondary N) is 1. The highest BCUT2D eigenvalue weighted by Gasteiger charge is 2.37. The van der Waals surface area contributed by atoms with Gasteiger partial charge in [-0.3, -0.25) is 4.79 Å². The lowest BCUT2D eigenvalue weighted by molar-refractivity contribution is 0.137. The third-order valence-corrected chi connectivity index (χ3v) is 8.18. The largest absolute Gasteiger partial charge is 0.487 e. The SMILES string of the molecule is Cc1c(C)c(S(=O)(=O)Nc2nc3ccccc3c(=O)n2-c2ccccc2)c(C)c2c1OC(C)(C)C2. The van der Waals surface area contributed by atoms with Gasteiger partial charge in [0.05, 0.1) is 21.5 Å². The maximum Gasteiger partial charge on any atom is 0.267 e. The molecule has 8 heteroatoms. The molecule has 1 aromatic heterocycles. The van der Waals surface area contributed by atoms with Crippen molar-refractivity contribution in [2.75, 3.05) is 4.72 Å². The molecule has 7 nitrogen and oxygen atoms in total.